The van der Waals surface area contributed by atoms with Crippen molar-refractivity contribution in [3.63, 3.8) is 0 Å². The summed E-state index contributed by atoms with van der Waals surface area (Å²) in [5, 5.41) is 1.33. The first-order valence-corrected chi connectivity index (χ1v) is 10.0. The van der Waals surface area contributed by atoms with Gasteiger partial charge in [0, 0.05) is 36.8 Å². The molecule has 0 bridgehead atoms. The molecule has 0 fully saturated rings. The molecular formula is C22H16ClN7O. The van der Waals surface area contributed by atoms with Gasteiger partial charge >= 0.3 is 5.69 Å². The highest BCUT2D eigenvalue weighted by Crippen LogP contribution is 2.34. The highest BCUT2D eigenvalue weighted by atomic mass is 35.5. The van der Waals surface area contributed by atoms with Gasteiger partial charge in [-0.3, -0.25) is 13.7 Å². The molecule has 0 aliphatic rings. The number of rotatable bonds is 2. The van der Waals surface area contributed by atoms with Crippen LogP contribution in [-0.2, 0) is 14.1 Å². The van der Waals surface area contributed by atoms with Crippen molar-refractivity contribution in [2.75, 3.05) is 0 Å². The fourth-order valence-electron chi connectivity index (χ4n) is 4.18. The van der Waals surface area contributed by atoms with Crippen LogP contribution in [0.4, 0.5) is 0 Å². The fraction of sp³-hybridized carbons (Fsp3) is 0.0909. The maximum absolute atomic E-state index is 12.4. The number of hydrogen-bond donors (Lipinski definition) is 1. The molecule has 0 saturated heterocycles. The van der Waals surface area contributed by atoms with E-state index in [9.17, 15) is 4.79 Å². The summed E-state index contributed by atoms with van der Waals surface area (Å²) < 4.78 is 5.21. The molecule has 0 atom stereocenters. The number of para-hydroxylation sites is 1. The van der Waals surface area contributed by atoms with Crippen LogP contribution in [0.15, 0.2) is 59.8 Å². The van der Waals surface area contributed by atoms with Crippen LogP contribution in [0.2, 0.25) is 5.15 Å². The second kappa shape index (κ2) is 6.29. The minimum Gasteiger partial charge on any atom is -0.360 e. The standard InChI is InChI=1S/C22H16ClN7O/c1-28-16-8-7-12(9-17(16)29(2)22(28)31)30-20(27-18-19(23)25-11-26-21(18)30)14-10-24-15-6-4-3-5-13(14)15/h3-11,24H,1-2H3. The SMILES string of the molecule is Cn1c(=O)n(C)c2cc(-n3c(-c4c[nH]c5ccccc45)nc4c(Cl)ncnc43)ccc21. The van der Waals surface area contributed by atoms with Gasteiger partial charge in [0.15, 0.2) is 10.8 Å². The molecule has 6 rings (SSSR count). The van der Waals surface area contributed by atoms with Crippen molar-refractivity contribution in [1.29, 1.82) is 0 Å². The predicted octanol–water partition coefficient (Wildman–Crippen LogP) is 3.81. The average Bonchev–Trinajstić information content (AvgIpc) is 3.44. The Hall–Kier alpha value is -3.91. The number of benzene rings is 2. The van der Waals surface area contributed by atoms with Gasteiger partial charge in [0.2, 0.25) is 0 Å². The molecule has 8 nitrogen and oxygen atoms in total. The Labute approximate surface area is 180 Å². The van der Waals surface area contributed by atoms with E-state index in [1.54, 1.807) is 23.2 Å². The number of halogens is 1. The lowest BCUT2D eigenvalue weighted by Gasteiger charge is -2.09. The molecule has 0 radical (unpaired) electrons. The van der Waals surface area contributed by atoms with E-state index < -0.39 is 0 Å². The van der Waals surface area contributed by atoms with E-state index in [1.807, 2.05) is 53.2 Å². The van der Waals surface area contributed by atoms with Gasteiger partial charge in [-0.1, -0.05) is 29.8 Å². The van der Waals surface area contributed by atoms with Gasteiger partial charge < -0.3 is 4.98 Å². The molecule has 1 N–H and O–H groups in total. The Morgan fingerprint density at radius 2 is 1.81 bits per heavy atom. The largest absolute Gasteiger partial charge is 0.360 e. The smallest absolute Gasteiger partial charge is 0.328 e. The van der Waals surface area contributed by atoms with Crippen molar-refractivity contribution in [3.8, 4) is 17.1 Å². The molecule has 31 heavy (non-hydrogen) atoms. The van der Waals surface area contributed by atoms with Gasteiger partial charge in [0.1, 0.15) is 17.7 Å². The summed E-state index contributed by atoms with van der Waals surface area (Å²) in [5.41, 5.74) is 5.46. The number of imidazole rings is 2. The molecule has 0 aliphatic heterocycles. The van der Waals surface area contributed by atoms with Gasteiger partial charge in [-0.2, -0.15) is 0 Å². The van der Waals surface area contributed by atoms with Gasteiger partial charge in [-0.15, -0.1) is 0 Å². The highest BCUT2D eigenvalue weighted by molar-refractivity contribution is 6.33. The molecule has 0 spiro atoms. The summed E-state index contributed by atoms with van der Waals surface area (Å²) >= 11 is 6.37. The van der Waals surface area contributed by atoms with E-state index in [-0.39, 0.29) is 10.8 Å². The van der Waals surface area contributed by atoms with Crippen LogP contribution < -0.4 is 5.69 Å². The van der Waals surface area contributed by atoms with Crippen molar-refractivity contribution in [3.05, 3.63) is 70.6 Å². The van der Waals surface area contributed by atoms with E-state index in [1.165, 1.54) is 6.33 Å². The first kappa shape index (κ1) is 17.9. The van der Waals surface area contributed by atoms with Crippen molar-refractivity contribution in [2.24, 2.45) is 14.1 Å². The van der Waals surface area contributed by atoms with Crippen molar-refractivity contribution in [2.45, 2.75) is 0 Å². The molecule has 0 aliphatic carbocycles. The van der Waals surface area contributed by atoms with Crippen LogP contribution in [0.3, 0.4) is 0 Å². The number of aryl methyl sites for hydroxylation is 2. The summed E-state index contributed by atoms with van der Waals surface area (Å²) in [6, 6.07) is 13.9. The van der Waals surface area contributed by atoms with Crippen LogP contribution in [-0.4, -0.2) is 33.6 Å². The minimum absolute atomic E-state index is 0.0788. The molecule has 4 aromatic heterocycles. The van der Waals surface area contributed by atoms with E-state index in [0.29, 0.717) is 17.0 Å². The van der Waals surface area contributed by atoms with Crippen LogP contribution in [0.5, 0.6) is 0 Å². The van der Waals surface area contributed by atoms with E-state index in [2.05, 4.69) is 15.0 Å². The summed E-state index contributed by atoms with van der Waals surface area (Å²) in [7, 11) is 3.53. The number of fused-ring (bicyclic) bond motifs is 3. The first-order valence-electron chi connectivity index (χ1n) is 9.66. The van der Waals surface area contributed by atoms with E-state index >= 15 is 0 Å². The number of aromatic amines is 1. The van der Waals surface area contributed by atoms with Crippen LogP contribution >= 0.6 is 11.6 Å². The zero-order valence-electron chi connectivity index (χ0n) is 16.7. The van der Waals surface area contributed by atoms with Crippen molar-refractivity contribution < 1.29 is 0 Å². The molecule has 9 heteroatoms. The number of hydrogen-bond acceptors (Lipinski definition) is 4. The zero-order chi connectivity index (χ0) is 21.3. The summed E-state index contributed by atoms with van der Waals surface area (Å²) in [4.78, 5) is 29.1. The van der Waals surface area contributed by atoms with Gasteiger partial charge in [-0.25, -0.2) is 19.7 Å². The third-order valence-corrected chi connectivity index (χ3v) is 6.02. The number of nitrogens with one attached hydrogen (secondary N) is 1. The number of aromatic nitrogens is 7. The van der Waals surface area contributed by atoms with Crippen molar-refractivity contribution >= 4 is 44.7 Å². The molecule has 6 aromatic rings. The topological polar surface area (TPSA) is 86.3 Å². The summed E-state index contributed by atoms with van der Waals surface area (Å²) in [6.07, 6.45) is 3.36. The van der Waals surface area contributed by atoms with E-state index in [4.69, 9.17) is 16.6 Å². The molecule has 0 saturated carbocycles. The van der Waals surface area contributed by atoms with Crippen LogP contribution in [0.1, 0.15) is 0 Å². The lowest BCUT2D eigenvalue weighted by molar-refractivity contribution is 0.795. The maximum Gasteiger partial charge on any atom is 0.328 e. The quantitative estimate of drug-likeness (QED) is 0.424. The predicted molar refractivity (Wildman–Crippen MR) is 121 cm³/mol. The third-order valence-electron chi connectivity index (χ3n) is 5.74. The molecule has 0 amide bonds. The Kier molecular flexibility index (Phi) is 3.63. The second-order valence-corrected chi connectivity index (χ2v) is 7.79. The fourth-order valence-corrected chi connectivity index (χ4v) is 4.35. The monoisotopic (exact) mass is 429 g/mol. The third kappa shape index (κ3) is 2.42. The Balaban J connectivity index is 1.73. The molecular weight excluding hydrogens is 414 g/mol. The lowest BCUT2D eigenvalue weighted by Crippen LogP contribution is -2.19. The van der Waals surface area contributed by atoms with Crippen LogP contribution in [0, 0.1) is 0 Å². The Bertz CT molecular complexity index is 1700. The average molecular weight is 430 g/mol. The lowest BCUT2D eigenvalue weighted by atomic mass is 10.1. The first-order chi connectivity index (χ1) is 15.0. The second-order valence-electron chi connectivity index (χ2n) is 7.43. The summed E-state index contributed by atoms with van der Waals surface area (Å²) in [6.45, 7) is 0. The summed E-state index contributed by atoms with van der Waals surface area (Å²) in [5.74, 6) is 0.690. The molecule has 2 aromatic carbocycles. The Morgan fingerprint density at radius 1 is 1.00 bits per heavy atom. The van der Waals surface area contributed by atoms with Gasteiger partial charge in [0.25, 0.3) is 0 Å². The van der Waals surface area contributed by atoms with Crippen LogP contribution in [0.25, 0.3) is 50.2 Å². The maximum atomic E-state index is 12.4. The minimum atomic E-state index is -0.0788. The molecule has 0 unspecified atom stereocenters. The molecule has 152 valence electrons. The zero-order valence-corrected chi connectivity index (χ0v) is 17.4. The van der Waals surface area contributed by atoms with Crippen molar-refractivity contribution in [1.82, 2.24) is 33.6 Å². The van der Waals surface area contributed by atoms with Gasteiger partial charge in [-0.05, 0) is 24.3 Å². The molecule has 4 heterocycles. The normalized spacial score (nSPS) is 11.8. The highest BCUT2D eigenvalue weighted by Gasteiger charge is 2.21. The number of H-pyrrole nitrogens is 1. The Morgan fingerprint density at radius 3 is 2.68 bits per heavy atom. The van der Waals surface area contributed by atoms with E-state index in [0.717, 1.165) is 33.2 Å². The van der Waals surface area contributed by atoms with Gasteiger partial charge in [0.05, 0.1) is 16.7 Å². The number of nitrogens with zero attached hydrogens (tertiary/aromatic N) is 6.